The maximum atomic E-state index is 12.1. The fraction of sp³-hybridized carbons (Fsp3) is 0.262. The summed E-state index contributed by atoms with van der Waals surface area (Å²) in [5, 5.41) is 23.3. The molecule has 3 aromatic carbocycles. The number of nitrogens with zero attached hydrogens (tertiary/aromatic N) is 12. The molecule has 9 aromatic rings. The predicted molar refractivity (Wildman–Crippen MR) is 323 cm³/mol. The number of pyridine rings is 3. The van der Waals surface area contributed by atoms with Crippen LogP contribution in [-0.2, 0) is 41.6 Å². The minimum absolute atomic E-state index is 0.271. The normalized spacial score (nSPS) is 10.8. The Bertz CT molecular complexity index is 3400. The number of rotatable bonds is 19. The van der Waals surface area contributed by atoms with Crippen molar-refractivity contribution < 1.29 is 29.0 Å². The molecule has 0 aliphatic heterocycles. The van der Waals surface area contributed by atoms with Gasteiger partial charge in [-0.15, -0.1) is 0 Å². The van der Waals surface area contributed by atoms with E-state index >= 15 is 0 Å². The number of esters is 2. The second kappa shape index (κ2) is 31.4. The molecule has 0 fully saturated rings. The number of ether oxygens (including phenoxy) is 2. The van der Waals surface area contributed by atoms with Crippen LogP contribution in [0, 0.1) is 3.57 Å². The van der Waals surface area contributed by atoms with Crippen molar-refractivity contribution in [3.63, 3.8) is 0 Å². The summed E-state index contributed by atoms with van der Waals surface area (Å²) in [7, 11) is 15.0. The van der Waals surface area contributed by atoms with Crippen molar-refractivity contribution in [2.24, 2.45) is 0 Å². The SMILES string of the molecule is CN(C)CCc1cn(-c2ccccc2)nc1Cc1cnccc1C(=O)O.CN(C)CCc1cn(-c2ccccc2)nc1N.COC(=O)c1ccncc1Cc1nn(-c2ccccc2)cc1CCN(C)C.COC(=O)c1ccncc1I. The van der Waals surface area contributed by atoms with E-state index in [9.17, 15) is 19.5 Å². The second-order valence-corrected chi connectivity index (χ2v) is 20.5. The molecular formula is C61H70IN13O6. The molecule has 422 valence electrons. The van der Waals surface area contributed by atoms with Gasteiger partial charge in [-0.2, -0.15) is 15.3 Å². The lowest BCUT2D eigenvalue weighted by Gasteiger charge is -2.10. The van der Waals surface area contributed by atoms with Gasteiger partial charge in [0.05, 0.1) is 59.4 Å². The molecule has 0 radical (unpaired) electrons. The maximum absolute atomic E-state index is 12.1. The Morgan fingerprint density at radius 1 is 0.494 bits per heavy atom. The van der Waals surface area contributed by atoms with E-state index in [-0.39, 0.29) is 17.5 Å². The van der Waals surface area contributed by atoms with Gasteiger partial charge in [-0.05, 0) is 161 Å². The highest BCUT2D eigenvalue weighted by molar-refractivity contribution is 14.1. The van der Waals surface area contributed by atoms with Crippen LogP contribution in [-0.4, -0.2) is 158 Å². The number of halogens is 1. The van der Waals surface area contributed by atoms with Crippen LogP contribution in [0.3, 0.4) is 0 Å². The van der Waals surface area contributed by atoms with Gasteiger partial charge in [-0.25, -0.2) is 28.4 Å². The van der Waals surface area contributed by atoms with E-state index in [1.165, 1.54) is 26.5 Å². The number of hydrogen-bond donors (Lipinski definition) is 2. The Labute approximate surface area is 487 Å². The first-order valence-corrected chi connectivity index (χ1v) is 27.1. The van der Waals surface area contributed by atoms with Gasteiger partial charge in [0, 0.05) is 97.4 Å². The zero-order valence-electron chi connectivity index (χ0n) is 47.1. The molecule has 6 heterocycles. The van der Waals surface area contributed by atoms with Crippen molar-refractivity contribution in [3.8, 4) is 17.1 Å². The van der Waals surface area contributed by atoms with E-state index in [0.717, 1.165) is 93.2 Å². The van der Waals surface area contributed by atoms with Crippen LogP contribution in [0.15, 0.2) is 165 Å². The molecule has 0 amide bonds. The monoisotopic (exact) mass is 1210 g/mol. The fourth-order valence-electron chi connectivity index (χ4n) is 8.06. The number of hydrogen-bond acceptors (Lipinski definition) is 15. The summed E-state index contributed by atoms with van der Waals surface area (Å²) >= 11 is 2.04. The lowest BCUT2D eigenvalue weighted by Crippen LogP contribution is -2.15. The third-order valence-electron chi connectivity index (χ3n) is 12.5. The van der Waals surface area contributed by atoms with E-state index in [1.54, 1.807) is 43.1 Å². The number of carbonyl (C=O) groups is 3. The molecule has 20 heteroatoms. The highest BCUT2D eigenvalue weighted by atomic mass is 127. The Morgan fingerprint density at radius 2 is 0.852 bits per heavy atom. The summed E-state index contributed by atoms with van der Waals surface area (Å²) in [5.74, 6) is -1.00. The number of para-hydroxylation sites is 3. The van der Waals surface area contributed by atoms with Crippen LogP contribution in [0.1, 0.15) is 70.3 Å². The van der Waals surface area contributed by atoms with Crippen molar-refractivity contribution in [2.45, 2.75) is 32.1 Å². The second-order valence-electron chi connectivity index (χ2n) is 19.3. The lowest BCUT2D eigenvalue weighted by atomic mass is 10.0. The average Bonchev–Trinajstić information content (AvgIpc) is 4.37. The largest absolute Gasteiger partial charge is 0.478 e. The highest BCUT2D eigenvalue weighted by Gasteiger charge is 2.19. The molecule has 0 atom stereocenters. The number of likely N-dealkylation sites (N-methyl/N-ethyl adjacent to an activating group) is 3. The summed E-state index contributed by atoms with van der Waals surface area (Å²) in [6.45, 7) is 2.79. The first-order valence-electron chi connectivity index (χ1n) is 26.0. The topological polar surface area (TPSA) is 218 Å². The minimum atomic E-state index is -0.945. The van der Waals surface area contributed by atoms with E-state index < -0.39 is 5.97 Å². The predicted octanol–water partition coefficient (Wildman–Crippen LogP) is 8.44. The molecule has 81 heavy (non-hydrogen) atoms. The number of aromatic carboxylic acids is 1. The molecular weight excluding hydrogens is 1140 g/mol. The number of nitrogens with two attached hydrogens (primary N) is 1. The van der Waals surface area contributed by atoms with Gasteiger partial charge < -0.3 is 35.0 Å². The third-order valence-corrected chi connectivity index (χ3v) is 13.3. The first kappa shape index (κ1) is 61.8. The van der Waals surface area contributed by atoms with E-state index in [0.29, 0.717) is 35.3 Å². The summed E-state index contributed by atoms with van der Waals surface area (Å²) in [4.78, 5) is 53.0. The molecule has 0 spiro atoms. The molecule has 19 nitrogen and oxygen atoms in total. The summed E-state index contributed by atoms with van der Waals surface area (Å²) in [6, 6.07) is 34.8. The van der Waals surface area contributed by atoms with Crippen molar-refractivity contribution in [1.82, 2.24) is 59.0 Å². The van der Waals surface area contributed by atoms with Crippen molar-refractivity contribution in [3.05, 3.63) is 224 Å². The minimum Gasteiger partial charge on any atom is -0.478 e. The molecule has 0 saturated heterocycles. The zero-order chi connectivity index (χ0) is 58.3. The van der Waals surface area contributed by atoms with Gasteiger partial charge in [0.25, 0.3) is 0 Å². The quantitative estimate of drug-likeness (QED) is 0.0573. The Balaban J connectivity index is 0.000000182. The lowest BCUT2D eigenvalue weighted by molar-refractivity contribution is 0.0590. The number of carboxylic acid groups (broad SMARTS) is 1. The number of nitrogen functional groups attached to an aromatic ring is 1. The molecule has 0 aliphatic rings. The molecule has 6 aromatic heterocycles. The van der Waals surface area contributed by atoms with E-state index in [4.69, 9.17) is 20.7 Å². The van der Waals surface area contributed by atoms with Crippen molar-refractivity contribution >= 4 is 46.3 Å². The standard InChI is InChI=1S/C21H24N4O2.C20H22N4O2.C13H18N4.C7H6INO2/c1-24(2)12-10-16-15-25(18-7-5-4-6-8-18)23-20(16)13-17-14-22-11-9-19(17)21(26)27-3;1-23(2)11-9-15-14-24(17-6-4-3-5-7-17)22-19(15)12-16-13-21-10-8-18(16)20(25)26;1-16(2)9-8-11-10-17(15-13(11)14)12-6-4-3-5-7-12;1-11-7(10)5-2-3-9-4-6(5)8/h4-9,11,14-15H,10,12-13H2,1-3H3;3-8,10,13-14H,9,11-12H2,1-2H3,(H,25,26);3-7,10H,8-9H2,1-2H3,(H2,14,15);2-4H,1H3. The van der Waals surface area contributed by atoms with Crippen LogP contribution in [0.25, 0.3) is 17.1 Å². The van der Waals surface area contributed by atoms with Gasteiger partial charge >= 0.3 is 17.9 Å². The Morgan fingerprint density at radius 3 is 1.26 bits per heavy atom. The highest BCUT2D eigenvalue weighted by Crippen LogP contribution is 2.22. The van der Waals surface area contributed by atoms with E-state index in [1.807, 2.05) is 154 Å². The van der Waals surface area contributed by atoms with Gasteiger partial charge in [0.15, 0.2) is 0 Å². The van der Waals surface area contributed by atoms with Crippen molar-refractivity contribution in [2.75, 3.05) is 81.9 Å². The number of carbonyl (C=O) groups excluding carboxylic acids is 2. The van der Waals surface area contributed by atoms with Crippen LogP contribution in [0.2, 0.25) is 0 Å². The summed E-state index contributed by atoms with van der Waals surface area (Å²) < 4.78 is 15.8. The molecule has 3 N–H and O–H groups in total. The average molecular weight is 1210 g/mol. The molecule has 0 aliphatic carbocycles. The number of carboxylic acids is 1. The van der Waals surface area contributed by atoms with Crippen LogP contribution in [0.4, 0.5) is 5.82 Å². The van der Waals surface area contributed by atoms with Gasteiger partial charge in [0.1, 0.15) is 5.82 Å². The van der Waals surface area contributed by atoms with Crippen molar-refractivity contribution in [1.29, 1.82) is 0 Å². The zero-order valence-corrected chi connectivity index (χ0v) is 49.2. The third kappa shape index (κ3) is 18.8. The van der Waals surface area contributed by atoms with Gasteiger partial charge in [-0.1, -0.05) is 54.6 Å². The molecule has 0 bridgehead atoms. The Hall–Kier alpha value is -8.44. The number of aromatic nitrogens is 9. The number of benzene rings is 3. The maximum Gasteiger partial charge on any atom is 0.339 e. The number of methoxy groups -OCH3 is 2. The van der Waals surface area contributed by atoms with Gasteiger partial charge in [0.2, 0.25) is 0 Å². The fourth-order valence-corrected chi connectivity index (χ4v) is 8.62. The molecule has 9 rings (SSSR count). The van der Waals surface area contributed by atoms with Gasteiger partial charge in [-0.3, -0.25) is 15.0 Å². The Kier molecular flexibility index (Phi) is 23.9. The smallest absolute Gasteiger partial charge is 0.339 e. The van der Waals surface area contributed by atoms with E-state index in [2.05, 4.69) is 73.9 Å². The van der Waals surface area contributed by atoms with Crippen LogP contribution >= 0.6 is 22.6 Å². The number of anilines is 1. The first-order chi connectivity index (χ1) is 39.0. The summed E-state index contributed by atoms with van der Waals surface area (Å²) in [5.41, 5.74) is 17.0. The van der Waals surface area contributed by atoms with Crippen LogP contribution in [0.5, 0.6) is 0 Å². The van der Waals surface area contributed by atoms with Crippen LogP contribution < -0.4 is 5.73 Å². The molecule has 0 saturated carbocycles. The summed E-state index contributed by atoms with van der Waals surface area (Å²) in [6.07, 6.45) is 19.3. The molecule has 0 unspecified atom stereocenters.